The monoisotopic (exact) mass is 439 g/mol. The van der Waals surface area contributed by atoms with Gasteiger partial charge in [0, 0.05) is 29.4 Å². The first kappa shape index (κ1) is 20.7. The van der Waals surface area contributed by atoms with Crippen LogP contribution < -0.4 is 15.8 Å². The number of nitrogen functional groups attached to an aromatic ring is 1. The summed E-state index contributed by atoms with van der Waals surface area (Å²) in [6, 6.07) is 24.8. The lowest BCUT2D eigenvalue weighted by Gasteiger charge is -2.39. The van der Waals surface area contributed by atoms with Crippen molar-refractivity contribution in [3.8, 4) is 16.9 Å². The van der Waals surface area contributed by atoms with Gasteiger partial charge in [-0.15, -0.1) is 0 Å². The zero-order valence-electron chi connectivity index (χ0n) is 17.8. The lowest BCUT2D eigenvalue weighted by atomic mass is 9.80. The third kappa shape index (κ3) is 3.80. The van der Waals surface area contributed by atoms with E-state index in [2.05, 4.69) is 10.3 Å². The molecule has 1 unspecified atom stereocenters. The first-order chi connectivity index (χ1) is 16.1. The topological polar surface area (TPSA) is 77.2 Å². The summed E-state index contributed by atoms with van der Waals surface area (Å²) in [6.45, 7) is 0.412. The minimum atomic E-state index is -0.902. The van der Waals surface area contributed by atoms with Gasteiger partial charge in [0.15, 0.2) is 0 Å². The lowest BCUT2D eigenvalue weighted by molar-refractivity contribution is 0.0883. The van der Waals surface area contributed by atoms with Gasteiger partial charge in [0.25, 0.3) is 5.91 Å². The Bertz CT molecular complexity index is 1310. The second-order valence-corrected chi connectivity index (χ2v) is 7.98. The molecule has 1 amide bonds. The van der Waals surface area contributed by atoms with Gasteiger partial charge in [0.2, 0.25) is 0 Å². The Morgan fingerprint density at radius 3 is 2.48 bits per heavy atom. The molecule has 1 atom stereocenters. The molecular weight excluding hydrogens is 417 g/mol. The van der Waals surface area contributed by atoms with Crippen molar-refractivity contribution in [2.45, 2.75) is 12.0 Å². The molecule has 4 aromatic rings. The Morgan fingerprint density at radius 1 is 0.970 bits per heavy atom. The molecule has 5 nitrogen and oxygen atoms in total. The quantitative estimate of drug-likeness (QED) is 0.442. The number of nitrogens with one attached hydrogen (secondary N) is 1. The van der Waals surface area contributed by atoms with Gasteiger partial charge >= 0.3 is 0 Å². The number of ether oxygens (including phenoxy) is 1. The maximum absolute atomic E-state index is 13.4. The highest BCUT2D eigenvalue weighted by atomic mass is 19.1. The molecule has 0 saturated heterocycles. The number of anilines is 1. The number of amides is 1. The Labute approximate surface area is 191 Å². The second-order valence-electron chi connectivity index (χ2n) is 7.98. The van der Waals surface area contributed by atoms with Crippen LogP contribution in [0.4, 0.5) is 10.1 Å². The first-order valence-corrected chi connectivity index (χ1v) is 10.7. The number of aromatic nitrogens is 1. The van der Waals surface area contributed by atoms with Gasteiger partial charge in [-0.3, -0.25) is 9.78 Å². The van der Waals surface area contributed by atoms with Crippen molar-refractivity contribution in [1.29, 1.82) is 0 Å². The zero-order chi connectivity index (χ0) is 22.8. The van der Waals surface area contributed by atoms with Crippen molar-refractivity contribution in [2.24, 2.45) is 0 Å². The molecule has 5 rings (SSSR count). The highest BCUT2D eigenvalue weighted by Crippen LogP contribution is 2.41. The third-order valence-corrected chi connectivity index (χ3v) is 5.99. The molecule has 164 valence electrons. The van der Waals surface area contributed by atoms with Crippen LogP contribution in [0.5, 0.6) is 5.75 Å². The number of nitrogens with zero attached hydrogens (tertiary/aromatic N) is 1. The number of halogens is 1. The molecule has 6 heteroatoms. The van der Waals surface area contributed by atoms with Crippen LogP contribution in [0.1, 0.15) is 28.0 Å². The number of benzene rings is 3. The molecule has 0 bridgehead atoms. The highest BCUT2D eigenvalue weighted by Gasteiger charge is 2.42. The number of pyridine rings is 1. The number of rotatable bonds is 4. The summed E-state index contributed by atoms with van der Waals surface area (Å²) in [5.74, 6) is -0.0838. The smallest absolute Gasteiger partial charge is 0.252 e. The number of nitrogens with two attached hydrogens (primary N) is 1. The number of fused-ring (bicyclic) bond motifs is 1. The predicted molar refractivity (Wildman–Crippen MR) is 125 cm³/mol. The molecule has 3 aromatic carbocycles. The van der Waals surface area contributed by atoms with Crippen LogP contribution in [0, 0.1) is 5.82 Å². The van der Waals surface area contributed by atoms with E-state index >= 15 is 0 Å². The van der Waals surface area contributed by atoms with Crippen molar-refractivity contribution in [3.63, 3.8) is 0 Å². The van der Waals surface area contributed by atoms with E-state index in [1.165, 1.54) is 24.3 Å². The number of carbonyl (C=O) groups is 1. The van der Waals surface area contributed by atoms with Crippen LogP contribution in [0.25, 0.3) is 11.1 Å². The number of carbonyl (C=O) groups excluding carboxylic acids is 1. The molecule has 2 heterocycles. The van der Waals surface area contributed by atoms with E-state index in [-0.39, 0.29) is 5.91 Å². The molecule has 1 aromatic heterocycles. The second kappa shape index (κ2) is 8.39. The predicted octanol–water partition coefficient (Wildman–Crippen LogP) is 4.93. The summed E-state index contributed by atoms with van der Waals surface area (Å²) < 4.78 is 19.2. The lowest BCUT2D eigenvalue weighted by Crippen LogP contribution is -2.50. The van der Waals surface area contributed by atoms with Crippen LogP contribution in [-0.4, -0.2) is 17.5 Å². The molecule has 1 aliphatic rings. The van der Waals surface area contributed by atoms with Gasteiger partial charge in [-0.25, -0.2) is 4.39 Å². The van der Waals surface area contributed by atoms with Crippen molar-refractivity contribution < 1.29 is 13.9 Å². The molecule has 1 aliphatic heterocycles. The van der Waals surface area contributed by atoms with Gasteiger partial charge in [-0.1, -0.05) is 42.5 Å². The summed E-state index contributed by atoms with van der Waals surface area (Å²) >= 11 is 0. The Hall–Kier alpha value is -4.19. The van der Waals surface area contributed by atoms with Gasteiger partial charge in [0.1, 0.15) is 22.8 Å². The summed E-state index contributed by atoms with van der Waals surface area (Å²) in [6.07, 6.45) is 2.18. The van der Waals surface area contributed by atoms with E-state index in [9.17, 15) is 9.18 Å². The summed E-state index contributed by atoms with van der Waals surface area (Å²) in [4.78, 5) is 17.8. The van der Waals surface area contributed by atoms with Crippen molar-refractivity contribution >= 4 is 11.6 Å². The summed E-state index contributed by atoms with van der Waals surface area (Å²) in [7, 11) is 0. The number of para-hydroxylation sites is 1. The van der Waals surface area contributed by atoms with E-state index in [1.54, 1.807) is 12.3 Å². The SMILES string of the molecule is Nc1ccccc1-c1ccc(C2(NC(=O)c3ccc(F)cc3)CCOc3cccnc32)cc1. The molecule has 3 N–H and O–H groups in total. The van der Waals surface area contributed by atoms with Gasteiger partial charge < -0.3 is 15.8 Å². The van der Waals surface area contributed by atoms with E-state index in [4.69, 9.17) is 10.5 Å². The molecular formula is C27H22FN3O2. The fourth-order valence-corrected chi connectivity index (χ4v) is 4.30. The van der Waals surface area contributed by atoms with E-state index in [1.807, 2.05) is 54.6 Å². The Kier molecular flexibility index (Phi) is 5.26. The average Bonchev–Trinajstić information content (AvgIpc) is 2.85. The Morgan fingerprint density at radius 2 is 1.73 bits per heavy atom. The van der Waals surface area contributed by atoms with Crippen molar-refractivity contribution in [3.05, 3.63) is 114 Å². The third-order valence-electron chi connectivity index (χ3n) is 5.99. The normalized spacial score (nSPS) is 17.0. The fraction of sp³-hybridized carbons (Fsp3) is 0.111. The van der Waals surface area contributed by atoms with E-state index in [0.717, 1.165) is 16.7 Å². The average molecular weight is 439 g/mol. The molecule has 0 radical (unpaired) electrons. The molecule has 0 saturated carbocycles. The van der Waals surface area contributed by atoms with Crippen LogP contribution in [0.2, 0.25) is 0 Å². The minimum Gasteiger partial charge on any atom is -0.491 e. The van der Waals surface area contributed by atoms with Gasteiger partial charge in [-0.2, -0.15) is 0 Å². The highest BCUT2D eigenvalue weighted by molar-refractivity contribution is 5.95. The molecule has 33 heavy (non-hydrogen) atoms. The van der Waals surface area contributed by atoms with Gasteiger partial charge in [0.05, 0.1) is 6.61 Å². The van der Waals surface area contributed by atoms with Gasteiger partial charge in [-0.05, 0) is 53.6 Å². The Balaban J connectivity index is 1.59. The molecule has 0 aliphatic carbocycles. The van der Waals surface area contributed by atoms with Crippen molar-refractivity contribution in [1.82, 2.24) is 10.3 Å². The maximum Gasteiger partial charge on any atom is 0.252 e. The fourth-order valence-electron chi connectivity index (χ4n) is 4.30. The van der Waals surface area contributed by atoms with Crippen LogP contribution in [0.15, 0.2) is 91.1 Å². The molecule has 0 fully saturated rings. The maximum atomic E-state index is 13.4. The van der Waals surface area contributed by atoms with E-state index < -0.39 is 11.4 Å². The van der Waals surface area contributed by atoms with Crippen LogP contribution >= 0.6 is 0 Å². The number of hydrogen-bond donors (Lipinski definition) is 2. The van der Waals surface area contributed by atoms with E-state index in [0.29, 0.717) is 35.7 Å². The first-order valence-electron chi connectivity index (χ1n) is 10.7. The summed E-state index contributed by atoms with van der Waals surface area (Å²) in [5, 5.41) is 3.18. The summed E-state index contributed by atoms with van der Waals surface area (Å²) in [5.41, 5.74) is 9.75. The number of hydrogen-bond acceptors (Lipinski definition) is 4. The van der Waals surface area contributed by atoms with Crippen LogP contribution in [-0.2, 0) is 5.54 Å². The zero-order valence-corrected chi connectivity index (χ0v) is 17.8. The molecule has 0 spiro atoms. The van der Waals surface area contributed by atoms with Crippen molar-refractivity contribution in [2.75, 3.05) is 12.3 Å². The van der Waals surface area contributed by atoms with Crippen LogP contribution in [0.3, 0.4) is 0 Å². The standard InChI is InChI=1S/C27H22FN3O2/c28-21-13-9-19(10-14-21)26(32)31-27(15-17-33-24-6-3-16-30-25(24)27)20-11-7-18(8-12-20)22-4-1-2-5-23(22)29/h1-14,16H,15,17,29H2,(H,31,32). The minimum absolute atomic E-state index is 0.315. The largest absolute Gasteiger partial charge is 0.491 e.